The Labute approximate surface area is 153 Å². The van der Waals surface area contributed by atoms with E-state index >= 15 is 0 Å². The van der Waals surface area contributed by atoms with E-state index in [1.807, 2.05) is 42.5 Å². The summed E-state index contributed by atoms with van der Waals surface area (Å²) in [7, 11) is 0. The Hall–Kier alpha value is -1.88. The molecule has 4 nitrogen and oxygen atoms in total. The number of ether oxygens (including phenoxy) is 1. The van der Waals surface area contributed by atoms with E-state index in [1.165, 1.54) is 5.56 Å². The fourth-order valence-corrected chi connectivity index (χ4v) is 3.31. The van der Waals surface area contributed by atoms with Gasteiger partial charge in [-0.1, -0.05) is 60.1 Å². The van der Waals surface area contributed by atoms with Crippen molar-refractivity contribution >= 4 is 17.5 Å². The quantitative estimate of drug-likeness (QED) is 0.862. The van der Waals surface area contributed by atoms with Crippen molar-refractivity contribution in [1.82, 2.24) is 10.2 Å². The van der Waals surface area contributed by atoms with Gasteiger partial charge >= 0.3 is 0 Å². The molecule has 1 unspecified atom stereocenters. The third kappa shape index (κ3) is 5.05. The number of carbonyl (C=O) groups is 1. The summed E-state index contributed by atoms with van der Waals surface area (Å²) in [6.45, 7) is 3.79. The molecular formula is C20H23ClN2O2. The van der Waals surface area contributed by atoms with Crippen molar-refractivity contribution in [3.8, 4) is 0 Å². The van der Waals surface area contributed by atoms with Crippen LogP contribution in [0.1, 0.15) is 17.2 Å². The molecule has 1 fully saturated rings. The number of nitrogens with zero attached hydrogens (tertiary/aromatic N) is 1. The minimum atomic E-state index is -0.0118. The third-order valence-corrected chi connectivity index (χ3v) is 4.84. The summed E-state index contributed by atoms with van der Waals surface area (Å²) in [5, 5.41) is 3.70. The number of morpholine rings is 1. The molecule has 0 aliphatic carbocycles. The van der Waals surface area contributed by atoms with Gasteiger partial charge in [0.05, 0.1) is 25.7 Å². The number of benzene rings is 2. The molecular weight excluding hydrogens is 336 g/mol. The van der Waals surface area contributed by atoms with Gasteiger partial charge in [-0.2, -0.15) is 0 Å². The van der Waals surface area contributed by atoms with Gasteiger partial charge in [0.2, 0.25) is 5.91 Å². The van der Waals surface area contributed by atoms with E-state index in [4.69, 9.17) is 16.3 Å². The van der Waals surface area contributed by atoms with Gasteiger partial charge in [0.15, 0.2) is 0 Å². The fraction of sp³-hybridized carbons (Fsp3) is 0.350. The predicted molar refractivity (Wildman–Crippen MR) is 99.7 cm³/mol. The van der Waals surface area contributed by atoms with Crippen LogP contribution < -0.4 is 5.32 Å². The standard InChI is InChI=1S/C20H23ClN2O2/c21-18-9-5-4-8-17(18)14-20(24)22-15-19(16-6-2-1-3-7-16)23-10-12-25-13-11-23/h1-9,19H,10-15H2,(H,22,24). The van der Waals surface area contributed by atoms with Gasteiger partial charge in [0.25, 0.3) is 0 Å². The second-order valence-corrected chi connectivity index (χ2v) is 6.55. The van der Waals surface area contributed by atoms with E-state index in [0.717, 1.165) is 31.9 Å². The first kappa shape index (κ1) is 17.9. The van der Waals surface area contributed by atoms with Crippen LogP contribution in [0.25, 0.3) is 0 Å². The molecule has 2 aromatic rings. The van der Waals surface area contributed by atoms with Crippen LogP contribution in [0.15, 0.2) is 54.6 Å². The molecule has 0 aromatic heterocycles. The lowest BCUT2D eigenvalue weighted by Crippen LogP contribution is -2.44. The number of carbonyl (C=O) groups excluding carboxylic acids is 1. The second kappa shape index (κ2) is 8.99. The minimum absolute atomic E-state index is 0.0118. The number of hydrogen-bond acceptors (Lipinski definition) is 3. The van der Waals surface area contributed by atoms with Crippen molar-refractivity contribution in [2.24, 2.45) is 0 Å². The number of nitrogens with one attached hydrogen (secondary N) is 1. The summed E-state index contributed by atoms with van der Waals surface area (Å²) < 4.78 is 5.46. The molecule has 0 radical (unpaired) electrons. The number of rotatable bonds is 6. The van der Waals surface area contributed by atoms with Crippen molar-refractivity contribution < 1.29 is 9.53 Å². The van der Waals surface area contributed by atoms with Crippen LogP contribution in [0.4, 0.5) is 0 Å². The minimum Gasteiger partial charge on any atom is -0.379 e. The molecule has 5 heteroatoms. The average molecular weight is 359 g/mol. The molecule has 3 rings (SSSR count). The molecule has 1 aliphatic rings. The number of halogens is 1. The first-order valence-electron chi connectivity index (χ1n) is 8.61. The zero-order chi connectivity index (χ0) is 17.5. The van der Waals surface area contributed by atoms with Gasteiger partial charge in [0.1, 0.15) is 0 Å². The molecule has 0 bridgehead atoms. The summed E-state index contributed by atoms with van der Waals surface area (Å²) in [4.78, 5) is 14.7. The van der Waals surface area contributed by atoms with Gasteiger partial charge in [-0.15, -0.1) is 0 Å². The van der Waals surface area contributed by atoms with Crippen LogP contribution >= 0.6 is 11.6 Å². The van der Waals surface area contributed by atoms with Gasteiger partial charge in [0, 0.05) is 24.7 Å². The summed E-state index contributed by atoms with van der Waals surface area (Å²) in [6.07, 6.45) is 0.296. The Morgan fingerprint density at radius 2 is 1.76 bits per heavy atom. The Morgan fingerprint density at radius 3 is 2.48 bits per heavy atom. The first-order valence-corrected chi connectivity index (χ1v) is 8.98. The molecule has 1 aliphatic heterocycles. The molecule has 0 saturated carbocycles. The van der Waals surface area contributed by atoms with E-state index in [0.29, 0.717) is 18.0 Å². The van der Waals surface area contributed by atoms with E-state index in [1.54, 1.807) is 0 Å². The summed E-state index contributed by atoms with van der Waals surface area (Å²) in [5.41, 5.74) is 2.06. The van der Waals surface area contributed by atoms with Gasteiger partial charge in [-0.05, 0) is 17.2 Å². The Balaban J connectivity index is 1.64. The van der Waals surface area contributed by atoms with E-state index in [2.05, 4.69) is 22.3 Å². The zero-order valence-corrected chi connectivity index (χ0v) is 14.9. The topological polar surface area (TPSA) is 41.6 Å². The number of hydrogen-bond donors (Lipinski definition) is 1. The van der Waals surface area contributed by atoms with Gasteiger partial charge in [-0.25, -0.2) is 0 Å². The van der Waals surface area contributed by atoms with Crippen LogP contribution in [0.2, 0.25) is 5.02 Å². The highest BCUT2D eigenvalue weighted by molar-refractivity contribution is 6.31. The molecule has 132 valence electrons. The zero-order valence-electron chi connectivity index (χ0n) is 14.2. The lowest BCUT2D eigenvalue weighted by atomic mass is 10.0. The maximum atomic E-state index is 12.4. The maximum absolute atomic E-state index is 12.4. The fourth-order valence-electron chi connectivity index (χ4n) is 3.11. The van der Waals surface area contributed by atoms with Crippen LogP contribution in [-0.4, -0.2) is 43.7 Å². The van der Waals surface area contributed by atoms with Gasteiger partial charge in [-0.3, -0.25) is 9.69 Å². The Bertz CT molecular complexity index is 687. The molecule has 1 amide bonds. The van der Waals surface area contributed by atoms with Gasteiger partial charge < -0.3 is 10.1 Å². The molecule has 2 aromatic carbocycles. The summed E-state index contributed by atoms with van der Waals surface area (Å²) in [6, 6.07) is 17.9. The van der Waals surface area contributed by atoms with Crippen LogP contribution in [0.3, 0.4) is 0 Å². The molecule has 1 saturated heterocycles. The van der Waals surface area contributed by atoms with Crippen LogP contribution in [0.5, 0.6) is 0 Å². The van der Waals surface area contributed by atoms with Crippen LogP contribution in [0, 0.1) is 0 Å². The highest BCUT2D eigenvalue weighted by atomic mass is 35.5. The third-order valence-electron chi connectivity index (χ3n) is 4.47. The van der Waals surface area contributed by atoms with Crippen molar-refractivity contribution in [2.75, 3.05) is 32.8 Å². The van der Waals surface area contributed by atoms with Crippen molar-refractivity contribution in [3.05, 3.63) is 70.7 Å². The monoisotopic (exact) mass is 358 g/mol. The van der Waals surface area contributed by atoms with Crippen LogP contribution in [-0.2, 0) is 16.0 Å². The highest BCUT2D eigenvalue weighted by Gasteiger charge is 2.23. The lowest BCUT2D eigenvalue weighted by Gasteiger charge is -2.35. The maximum Gasteiger partial charge on any atom is 0.224 e. The van der Waals surface area contributed by atoms with E-state index in [9.17, 15) is 4.79 Å². The largest absolute Gasteiger partial charge is 0.379 e. The van der Waals surface area contributed by atoms with E-state index in [-0.39, 0.29) is 11.9 Å². The molecule has 1 N–H and O–H groups in total. The van der Waals surface area contributed by atoms with Crippen molar-refractivity contribution in [2.45, 2.75) is 12.5 Å². The second-order valence-electron chi connectivity index (χ2n) is 6.15. The van der Waals surface area contributed by atoms with Crippen molar-refractivity contribution in [3.63, 3.8) is 0 Å². The predicted octanol–water partition coefficient (Wildman–Crippen LogP) is 3.07. The molecule has 25 heavy (non-hydrogen) atoms. The highest BCUT2D eigenvalue weighted by Crippen LogP contribution is 2.21. The number of amides is 1. The van der Waals surface area contributed by atoms with Crippen molar-refractivity contribution in [1.29, 1.82) is 0 Å². The first-order chi connectivity index (χ1) is 12.2. The van der Waals surface area contributed by atoms with E-state index < -0.39 is 0 Å². The molecule has 0 spiro atoms. The summed E-state index contributed by atoms with van der Waals surface area (Å²) >= 11 is 6.15. The SMILES string of the molecule is O=C(Cc1ccccc1Cl)NCC(c1ccccc1)N1CCOCC1. The Kier molecular flexibility index (Phi) is 6.45. The summed E-state index contributed by atoms with van der Waals surface area (Å²) in [5.74, 6) is -0.0118. The molecule has 1 atom stereocenters. The average Bonchev–Trinajstić information content (AvgIpc) is 2.66. The smallest absolute Gasteiger partial charge is 0.224 e. The Morgan fingerprint density at radius 1 is 1.08 bits per heavy atom. The normalized spacial score (nSPS) is 16.4. The molecule has 1 heterocycles. The lowest BCUT2D eigenvalue weighted by molar-refractivity contribution is -0.120.